The van der Waals surface area contributed by atoms with Gasteiger partial charge in [-0.3, -0.25) is 0 Å². The van der Waals surface area contributed by atoms with Gasteiger partial charge in [-0.2, -0.15) is 0 Å². The first-order valence-corrected chi connectivity index (χ1v) is 6.64. The van der Waals surface area contributed by atoms with Gasteiger partial charge >= 0.3 is 0 Å². The average molecular weight is 251 g/mol. The summed E-state index contributed by atoms with van der Waals surface area (Å²) in [7, 11) is 1.70. The van der Waals surface area contributed by atoms with Gasteiger partial charge in [-0.25, -0.2) is 0 Å². The molecule has 1 N–H and O–H groups in total. The standard InChI is InChI=1S/C15H25NO2/c1-5-8-18-11-14-9-13(10-16-12(2)3)6-7-15(14)17-4/h6-7,9,12,16H,5,8,10-11H2,1-4H3. The van der Waals surface area contributed by atoms with Gasteiger partial charge in [0.05, 0.1) is 13.7 Å². The fourth-order valence-electron chi connectivity index (χ4n) is 1.70. The molecular formula is C15H25NO2. The van der Waals surface area contributed by atoms with Crippen LogP contribution in [0.4, 0.5) is 0 Å². The molecule has 0 saturated carbocycles. The fraction of sp³-hybridized carbons (Fsp3) is 0.600. The van der Waals surface area contributed by atoms with Crippen molar-refractivity contribution in [2.45, 2.75) is 46.4 Å². The second kappa shape index (κ2) is 8.11. The van der Waals surface area contributed by atoms with Gasteiger partial charge in [0.2, 0.25) is 0 Å². The van der Waals surface area contributed by atoms with E-state index < -0.39 is 0 Å². The molecule has 102 valence electrons. The molecule has 1 aromatic rings. The lowest BCUT2D eigenvalue weighted by atomic mass is 10.1. The molecule has 0 aliphatic carbocycles. The molecule has 0 spiro atoms. The highest BCUT2D eigenvalue weighted by atomic mass is 16.5. The molecule has 0 heterocycles. The van der Waals surface area contributed by atoms with Crippen LogP contribution in [0.1, 0.15) is 38.3 Å². The lowest BCUT2D eigenvalue weighted by molar-refractivity contribution is 0.119. The molecule has 0 aromatic heterocycles. The summed E-state index contributed by atoms with van der Waals surface area (Å²) in [4.78, 5) is 0. The normalized spacial score (nSPS) is 10.9. The number of rotatable bonds is 8. The number of hydrogen-bond acceptors (Lipinski definition) is 3. The minimum absolute atomic E-state index is 0.492. The summed E-state index contributed by atoms with van der Waals surface area (Å²) in [6.45, 7) is 8.69. The zero-order chi connectivity index (χ0) is 13.4. The molecule has 1 rings (SSSR count). The van der Waals surface area contributed by atoms with Crippen LogP contribution in [0.15, 0.2) is 18.2 Å². The molecule has 0 saturated heterocycles. The minimum Gasteiger partial charge on any atom is -0.496 e. The van der Waals surface area contributed by atoms with E-state index in [-0.39, 0.29) is 0 Å². The first kappa shape index (κ1) is 15.0. The zero-order valence-corrected chi connectivity index (χ0v) is 12.0. The van der Waals surface area contributed by atoms with Crippen LogP contribution in [0, 0.1) is 0 Å². The van der Waals surface area contributed by atoms with Crippen LogP contribution in [0.2, 0.25) is 0 Å². The fourth-order valence-corrected chi connectivity index (χ4v) is 1.70. The van der Waals surface area contributed by atoms with Crippen LogP contribution < -0.4 is 10.1 Å². The summed E-state index contributed by atoms with van der Waals surface area (Å²) in [5.41, 5.74) is 2.38. The Morgan fingerprint density at radius 2 is 2.06 bits per heavy atom. The molecule has 0 amide bonds. The summed E-state index contributed by atoms with van der Waals surface area (Å²) >= 11 is 0. The molecule has 3 nitrogen and oxygen atoms in total. The van der Waals surface area contributed by atoms with E-state index >= 15 is 0 Å². The third-order valence-corrected chi connectivity index (χ3v) is 2.67. The topological polar surface area (TPSA) is 30.5 Å². The Morgan fingerprint density at radius 3 is 2.67 bits per heavy atom. The molecule has 0 aliphatic heterocycles. The number of methoxy groups -OCH3 is 1. The van der Waals surface area contributed by atoms with E-state index in [0.717, 1.165) is 30.9 Å². The van der Waals surface area contributed by atoms with E-state index in [1.165, 1.54) is 5.56 Å². The van der Waals surface area contributed by atoms with Crippen LogP contribution in [-0.2, 0) is 17.9 Å². The molecule has 0 unspecified atom stereocenters. The van der Waals surface area contributed by atoms with E-state index in [9.17, 15) is 0 Å². The maximum atomic E-state index is 5.59. The highest BCUT2D eigenvalue weighted by Crippen LogP contribution is 2.21. The molecule has 1 aromatic carbocycles. The van der Waals surface area contributed by atoms with Crippen molar-refractivity contribution in [3.05, 3.63) is 29.3 Å². The monoisotopic (exact) mass is 251 g/mol. The van der Waals surface area contributed by atoms with Crippen LogP contribution in [-0.4, -0.2) is 19.8 Å². The molecule has 0 bridgehead atoms. The van der Waals surface area contributed by atoms with Crippen molar-refractivity contribution in [3.8, 4) is 5.75 Å². The molecule has 0 fully saturated rings. The predicted molar refractivity (Wildman–Crippen MR) is 74.9 cm³/mol. The Labute approximate surface area is 110 Å². The molecule has 18 heavy (non-hydrogen) atoms. The second-order valence-corrected chi connectivity index (χ2v) is 4.73. The summed E-state index contributed by atoms with van der Waals surface area (Å²) in [5, 5.41) is 3.41. The Balaban J connectivity index is 2.68. The Morgan fingerprint density at radius 1 is 1.28 bits per heavy atom. The van der Waals surface area contributed by atoms with Crippen molar-refractivity contribution in [3.63, 3.8) is 0 Å². The van der Waals surface area contributed by atoms with Crippen molar-refractivity contribution in [1.82, 2.24) is 5.32 Å². The number of nitrogens with one attached hydrogen (secondary N) is 1. The van der Waals surface area contributed by atoms with Gasteiger partial charge < -0.3 is 14.8 Å². The lowest BCUT2D eigenvalue weighted by Crippen LogP contribution is -2.21. The van der Waals surface area contributed by atoms with E-state index in [0.29, 0.717) is 12.6 Å². The number of benzene rings is 1. The second-order valence-electron chi connectivity index (χ2n) is 4.73. The summed E-state index contributed by atoms with van der Waals surface area (Å²) in [5.74, 6) is 0.902. The summed E-state index contributed by atoms with van der Waals surface area (Å²) < 4.78 is 10.9. The van der Waals surface area contributed by atoms with Crippen molar-refractivity contribution in [2.75, 3.05) is 13.7 Å². The van der Waals surface area contributed by atoms with Gasteiger partial charge in [0, 0.05) is 24.8 Å². The van der Waals surface area contributed by atoms with Crippen LogP contribution in [0.3, 0.4) is 0 Å². The van der Waals surface area contributed by atoms with Crippen molar-refractivity contribution in [2.24, 2.45) is 0 Å². The lowest BCUT2D eigenvalue weighted by Gasteiger charge is -2.13. The quantitative estimate of drug-likeness (QED) is 0.720. The van der Waals surface area contributed by atoms with Gasteiger partial charge in [-0.15, -0.1) is 0 Å². The van der Waals surface area contributed by atoms with Crippen LogP contribution in [0.25, 0.3) is 0 Å². The maximum Gasteiger partial charge on any atom is 0.124 e. The van der Waals surface area contributed by atoms with E-state index in [1.54, 1.807) is 7.11 Å². The highest BCUT2D eigenvalue weighted by Gasteiger charge is 2.05. The third kappa shape index (κ3) is 5.07. The van der Waals surface area contributed by atoms with E-state index in [2.05, 4.69) is 38.2 Å². The minimum atomic E-state index is 0.492. The first-order valence-electron chi connectivity index (χ1n) is 6.64. The van der Waals surface area contributed by atoms with Gasteiger partial charge in [0.15, 0.2) is 0 Å². The molecule has 0 atom stereocenters. The summed E-state index contributed by atoms with van der Waals surface area (Å²) in [6, 6.07) is 6.76. The van der Waals surface area contributed by atoms with Gasteiger partial charge in [0.25, 0.3) is 0 Å². The first-order chi connectivity index (χ1) is 8.67. The van der Waals surface area contributed by atoms with Crippen molar-refractivity contribution < 1.29 is 9.47 Å². The van der Waals surface area contributed by atoms with Gasteiger partial charge in [0.1, 0.15) is 5.75 Å². The van der Waals surface area contributed by atoms with Crippen LogP contribution >= 0.6 is 0 Å². The Bertz CT molecular complexity index is 350. The number of hydrogen-bond donors (Lipinski definition) is 1. The Hall–Kier alpha value is -1.06. The molecule has 0 radical (unpaired) electrons. The Kier molecular flexibility index (Phi) is 6.76. The van der Waals surface area contributed by atoms with Crippen molar-refractivity contribution in [1.29, 1.82) is 0 Å². The highest BCUT2D eigenvalue weighted by molar-refractivity contribution is 5.36. The SMILES string of the molecule is CCCOCc1cc(CNC(C)C)ccc1OC. The van der Waals surface area contributed by atoms with Crippen LogP contribution in [0.5, 0.6) is 5.75 Å². The predicted octanol–water partition coefficient (Wildman–Crippen LogP) is 3.12. The largest absolute Gasteiger partial charge is 0.496 e. The average Bonchev–Trinajstić information content (AvgIpc) is 2.37. The van der Waals surface area contributed by atoms with Crippen molar-refractivity contribution >= 4 is 0 Å². The van der Waals surface area contributed by atoms with Gasteiger partial charge in [-0.1, -0.05) is 26.8 Å². The molecule has 0 aliphatic rings. The third-order valence-electron chi connectivity index (χ3n) is 2.67. The van der Waals surface area contributed by atoms with E-state index in [4.69, 9.17) is 9.47 Å². The van der Waals surface area contributed by atoms with E-state index in [1.807, 2.05) is 6.07 Å². The molecular weight excluding hydrogens is 226 g/mol. The zero-order valence-electron chi connectivity index (χ0n) is 12.0. The number of ether oxygens (including phenoxy) is 2. The maximum absolute atomic E-state index is 5.59. The smallest absolute Gasteiger partial charge is 0.124 e. The summed E-state index contributed by atoms with van der Waals surface area (Å²) in [6.07, 6.45) is 1.04. The van der Waals surface area contributed by atoms with Gasteiger partial charge in [-0.05, 0) is 24.1 Å². The molecule has 3 heteroatoms.